The first-order chi connectivity index (χ1) is 9.43. The van der Waals surface area contributed by atoms with E-state index in [1.54, 1.807) is 0 Å². The number of ether oxygens (including phenoxy) is 1. The van der Waals surface area contributed by atoms with Gasteiger partial charge in [-0.15, -0.1) is 0 Å². The van der Waals surface area contributed by atoms with Crippen LogP contribution >= 0.6 is 0 Å². The number of carbonyl (C=O) groups excluding carboxylic acids is 1. The van der Waals surface area contributed by atoms with Crippen LogP contribution < -0.4 is 0 Å². The normalized spacial score (nSPS) is 37.9. The van der Waals surface area contributed by atoms with Gasteiger partial charge in [0.05, 0.1) is 5.92 Å². The molecule has 0 N–H and O–H groups in total. The van der Waals surface area contributed by atoms with Crippen molar-refractivity contribution in [2.24, 2.45) is 29.6 Å². The van der Waals surface area contributed by atoms with Crippen molar-refractivity contribution in [3.05, 3.63) is 23.8 Å². The lowest BCUT2D eigenvalue weighted by molar-refractivity contribution is -0.158. The quantitative estimate of drug-likeness (QED) is 0.716. The highest BCUT2D eigenvalue weighted by Crippen LogP contribution is 2.42. The van der Waals surface area contributed by atoms with E-state index in [4.69, 9.17) is 4.74 Å². The zero-order valence-corrected chi connectivity index (χ0v) is 13.4. The van der Waals surface area contributed by atoms with Gasteiger partial charge in [-0.2, -0.15) is 0 Å². The van der Waals surface area contributed by atoms with Gasteiger partial charge in [0.25, 0.3) is 0 Å². The Labute approximate surface area is 123 Å². The smallest absolute Gasteiger partial charge is 0.308 e. The summed E-state index contributed by atoms with van der Waals surface area (Å²) < 4.78 is 5.89. The number of fused-ring (bicyclic) bond motifs is 1. The van der Waals surface area contributed by atoms with Crippen LogP contribution in [0.2, 0.25) is 0 Å². The molecule has 0 saturated heterocycles. The van der Waals surface area contributed by atoms with Crippen molar-refractivity contribution in [1.82, 2.24) is 0 Å². The molecule has 2 heteroatoms. The summed E-state index contributed by atoms with van der Waals surface area (Å²) >= 11 is 0. The maximum Gasteiger partial charge on any atom is 0.308 e. The predicted octanol–water partition coefficient (Wildman–Crippen LogP) is 4.37. The second-order valence-electron chi connectivity index (χ2n) is 6.77. The monoisotopic (exact) mass is 276 g/mol. The lowest BCUT2D eigenvalue weighted by Crippen LogP contribution is -2.40. The molecular formula is C18H28O2. The molecule has 0 radical (unpaired) electrons. The van der Waals surface area contributed by atoms with Crippen molar-refractivity contribution in [2.75, 3.05) is 0 Å². The maximum absolute atomic E-state index is 12.2. The second kappa shape index (κ2) is 6.15. The van der Waals surface area contributed by atoms with Crippen LogP contribution in [-0.4, -0.2) is 12.1 Å². The van der Waals surface area contributed by atoms with E-state index in [2.05, 4.69) is 39.0 Å². The Morgan fingerprint density at radius 2 is 2.10 bits per heavy atom. The highest BCUT2D eigenvalue weighted by molar-refractivity contribution is 5.72. The minimum Gasteiger partial charge on any atom is -0.461 e. The van der Waals surface area contributed by atoms with E-state index >= 15 is 0 Å². The first-order valence-corrected chi connectivity index (χ1v) is 8.04. The fraction of sp³-hybridized carbons (Fsp3) is 0.722. The van der Waals surface area contributed by atoms with Gasteiger partial charge in [-0.1, -0.05) is 52.8 Å². The first-order valence-electron chi connectivity index (χ1n) is 8.04. The van der Waals surface area contributed by atoms with Crippen LogP contribution in [0.25, 0.3) is 0 Å². The number of hydrogen-bond donors (Lipinski definition) is 0. The molecule has 0 amide bonds. The summed E-state index contributed by atoms with van der Waals surface area (Å²) in [5.74, 6) is 1.93. The van der Waals surface area contributed by atoms with Crippen LogP contribution in [-0.2, 0) is 9.53 Å². The molecule has 0 fully saturated rings. The van der Waals surface area contributed by atoms with Crippen LogP contribution in [0.4, 0.5) is 0 Å². The molecule has 112 valence electrons. The minimum atomic E-state index is -0.0274. The molecule has 0 unspecified atom stereocenters. The fourth-order valence-corrected chi connectivity index (χ4v) is 3.36. The second-order valence-corrected chi connectivity index (χ2v) is 6.77. The van der Waals surface area contributed by atoms with Gasteiger partial charge in [0.2, 0.25) is 0 Å². The molecule has 0 saturated carbocycles. The highest BCUT2D eigenvalue weighted by atomic mass is 16.5. The molecule has 0 heterocycles. The SMILES string of the molecule is CC[C@H](C)C(=O)O[C@H]1C[C@@H](C)C=C2C=C[C@H](C)[C@H](C)[C@H]21. The van der Waals surface area contributed by atoms with E-state index in [0.717, 1.165) is 12.8 Å². The van der Waals surface area contributed by atoms with Crippen LogP contribution in [0, 0.1) is 29.6 Å². The molecule has 0 aliphatic heterocycles. The molecular weight excluding hydrogens is 248 g/mol. The predicted molar refractivity (Wildman–Crippen MR) is 82.2 cm³/mol. The summed E-state index contributed by atoms with van der Waals surface area (Å²) in [6.07, 6.45) is 8.75. The summed E-state index contributed by atoms with van der Waals surface area (Å²) in [5.41, 5.74) is 1.37. The Kier molecular flexibility index (Phi) is 4.72. The molecule has 6 atom stereocenters. The Hall–Kier alpha value is -1.05. The van der Waals surface area contributed by atoms with E-state index < -0.39 is 0 Å². The lowest BCUT2D eigenvalue weighted by atomic mass is 9.67. The molecule has 0 aromatic carbocycles. The average Bonchev–Trinajstić information content (AvgIpc) is 2.41. The molecule has 2 aliphatic carbocycles. The molecule has 0 aromatic heterocycles. The molecule has 2 nitrogen and oxygen atoms in total. The molecule has 2 aliphatic rings. The average molecular weight is 276 g/mol. The number of allylic oxidation sites excluding steroid dienone is 3. The largest absolute Gasteiger partial charge is 0.461 e. The fourth-order valence-electron chi connectivity index (χ4n) is 3.36. The van der Waals surface area contributed by atoms with Crippen molar-refractivity contribution in [1.29, 1.82) is 0 Å². The topological polar surface area (TPSA) is 26.3 Å². The van der Waals surface area contributed by atoms with E-state index in [-0.39, 0.29) is 18.0 Å². The van der Waals surface area contributed by atoms with Crippen LogP contribution in [0.1, 0.15) is 47.5 Å². The Morgan fingerprint density at radius 3 is 2.75 bits per heavy atom. The van der Waals surface area contributed by atoms with Gasteiger partial charge in [-0.3, -0.25) is 4.79 Å². The van der Waals surface area contributed by atoms with Crippen molar-refractivity contribution in [2.45, 2.75) is 53.6 Å². The van der Waals surface area contributed by atoms with Crippen molar-refractivity contribution in [3.8, 4) is 0 Å². The zero-order chi connectivity index (χ0) is 14.9. The molecule has 2 rings (SSSR count). The van der Waals surface area contributed by atoms with Crippen molar-refractivity contribution >= 4 is 5.97 Å². The summed E-state index contributed by atoms with van der Waals surface area (Å²) in [6, 6.07) is 0. The van der Waals surface area contributed by atoms with E-state index in [0.29, 0.717) is 23.7 Å². The third-order valence-corrected chi connectivity index (χ3v) is 5.14. The summed E-state index contributed by atoms with van der Waals surface area (Å²) in [7, 11) is 0. The number of esters is 1. The third-order valence-electron chi connectivity index (χ3n) is 5.14. The van der Waals surface area contributed by atoms with E-state index in [1.807, 2.05) is 13.8 Å². The van der Waals surface area contributed by atoms with Gasteiger partial charge in [-0.05, 0) is 36.2 Å². The van der Waals surface area contributed by atoms with Gasteiger partial charge in [0, 0.05) is 5.92 Å². The van der Waals surface area contributed by atoms with Gasteiger partial charge in [0.1, 0.15) is 6.10 Å². The number of rotatable bonds is 3. The summed E-state index contributed by atoms with van der Waals surface area (Å²) in [5, 5.41) is 0. The molecule has 0 bridgehead atoms. The van der Waals surface area contributed by atoms with Gasteiger partial charge < -0.3 is 4.74 Å². The van der Waals surface area contributed by atoms with Gasteiger partial charge in [-0.25, -0.2) is 0 Å². The van der Waals surface area contributed by atoms with Crippen LogP contribution in [0.3, 0.4) is 0 Å². The van der Waals surface area contributed by atoms with E-state index in [9.17, 15) is 4.79 Å². The van der Waals surface area contributed by atoms with Gasteiger partial charge >= 0.3 is 5.97 Å². The Balaban J connectivity index is 2.19. The molecule has 0 spiro atoms. The standard InChI is InChI=1S/C18H28O2/c1-6-12(3)18(19)20-16-10-11(2)9-15-8-7-13(4)14(5)17(15)16/h7-9,11-14,16-17H,6,10H2,1-5H3/t11-,12-,13-,14-,16-,17+/m0/s1. The van der Waals surface area contributed by atoms with Gasteiger partial charge in [0.15, 0.2) is 0 Å². The Bertz CT molecular complexity index is 421. The van der Waals surface area contributed by atoms with Crippen molar-refractivity contribution < 1.29 is 9.53 Å². The number of hydrogen-bond acceptors (Lipinski definition) is 2. The Morgan fingerprint density at radius 1 is 1.40 bits per heavy atom. The van der Waals surface area contributed by atoms with Crippen LogP contribution in [0.5, 0.6) is 0 Å². The summed E-state index contributed by atoms with van der Waals surface area (Å²) in [6.45, 7) is 10.7. The number of carbonyl (C=O) groups is 1. The zero-order valence-electron chi connectivity index (χ0n) is 13.4. The lowest BCUT2D eigenvalue weighted by Gasteiger charge is -2.41. The van der Waals surface area contributed by atoms with E-state index in [1.165, 1.54) is 5.57 Å². The summed E-state index contributed by atoms with van der Waals surface area (Å²) in [4.78, 5) is 12.2. The first kappa shape index (κ1) is 15.3. The minimum absolute atomic E-state index is 0.00604. The van der Waals surface area contributed by atoms with Crippen molar-refractivity contribution in [3.63, 3.8) is 0 Å². The highest BCUT2D eigenvalue weighted by Gasteiger charge is 2.39. The van der Waals surface area contributed by atoms with Crippen LogP contribution in [0.15, 0.2) is 23.8 Å². The molecule has 20 heavy (non-hydrogen) atoms. The molecule has 0 aromatic rings. The maximum atomic E-state index is 12.2. The third kappa shape index (κ3) is 2.99.